The predicted octanol–water partition coefficient (Wildman–Crippen LogP) is 2.17. The van der Waals surface area contributed by atoms with E-state index in [-0.39, 0.29) is 5.15 Å². The molecule has 1 heterocycles. The van der Waals surface area contributed by atoms with Crippen LogP contribution in [0.2, 0.25) is 5.15 Å². The summed E-state index contributed by atoms with van der Waals surface area (Å²) < 4.78 is 0. The minimum Gasteiger partial charge on any atom is -0.307 e. The summed E-state index contributed by atoms with van der Waals surface area (Å²) in [5, 5.41) is 0.266. The van der Waals surface area contributed by atoms with Gasteiger partial charge in [0.15, 0.2) is 5.82 Å². The summed E-state index contributed by atoms with van der Waals surface area (Å²) in [6, 6.07) is 0. The number of nitrogens with one attached hydrogen (secondary N) is 1. The summed E-state index contributed by atoms with van der Waals surface area (Å²) in [5.41, 5.74) is 4.10. The summed E-state index contributed by atoms with van der Waals surface area (Å²) in [6.07, 6.45) is 2.97. The molecule has 0 saturated heterocycles. The molecule has 0 aromatic carbocycles. The highest BCUT2D eigenvalue weighted by Gasteiger charge is 2.10. The number of nitrogens with zero attached hydrogens (tertiary/aromatic N) is 2. The van der Waals surface area contributed by atoms with Gasteiger partial charge in [0.05, 0.1) is 6.20 Å². The van der Waals surface area contributed by atoms with E-state index in [1.165, 1.54) is 6.20 Å². The fourth-order valence-electron chi connectivity index (χ4n) is 0.959. The van der Waals surface area contributed by atoms with Gasteiger partial charge < -0.3 is 5.43 Å². The van der Waals surface area contributed by atoms with Crippen LogP contribution >= 0.6 is 11.6 Å². The van der Waals surface area contributed by atoms with E-state index in [9.17, 15) is 0 Å². The highest BCUT2D eigenvalue weighted by Crippen LogP contribution is 2.24. The molecule has 0 aliphatic heterocycles. The highest BCUT2D eigenvalue weighted by molar-refractivity contribution is 6.29. The van der Waals surface area contributed by atoms with E-state index in [2.05, 4.69) is 35.1 Å². The van der Waals surface area contributed by atoms with Crippen molar-refractivity contribution in [1.29, 1.82) is 0 Å². The Morgan fingerprint density at radius 1 is 1.53 bits per heavy atom. The fourth-order valence-corrected chi connectivity index (χ4v) is 1.09. The van der Waals surface area contributed by atoms with Gasteiger partial charge in [-0.15, -0.1) is 0 Å². The van der Waals surface area contributed by atoms with Crippen molar-refractivity contribution in [3.8, 4) is 0 Å². The molecule has 1 aromatic rings. The van der Waals surface area contributed by atoms with Gasteiger partial charge in [-0.25, -0.2) is 15.8 Å². The van der Waals surface area contributed by atoms with Crippen LogP contribution < -0.4 is 11.3 Å². The molecule has 0 aliphatic carbocycles. The second kappa shape index (κ2) is 4.72. The number of aromatic nitrogens is 2. The van der Waals surface area contributed by atoms with Gasteiger partial charge in [0.25, 0.3) is 0 Å². The number of nitrogen functional groups attached to an aromatic ring is 1. The lowest BCUT2D eigenvalue weighted by molar-refractivity contribution is 1.13. The Bertz CT molecular complexity index is 425. The van der Waals surface area contributed by atoms with E-state index in [1.807, 2.05) is 0 Å². The van der Waals surface area contributed by atoms with Gasteiger partial charge >= 0.3 is 0 Å². The number of hydrogen-bond acceptors (Lipinski definition) is 4. The smallest absolute Gasteiger partial charge is 0.166 e. The SMILES string of the molecule is C=CC(=C)C(=C)c1nc(Cl)cnc1NN. The number of hydrazine groups is 1. The number of anilines is 1. The maximum absolute atomic E-state index is 5.73. The molecule has 0 radical (unpaired) electrons. The molecule has 78 valence electrons. The average molecular weight is 223 g/mol. The average Bonchev–Trinajstić information content (AvgIpc) is 2.27. The first-order chi connectivity index (χ1) is 7.10. The molecule has 0 fully saturated rings. The molecule has 3 N–H and O–H groups in total. The van der Waals surface area contributed by atoms with E-state index in [4.69, 9.17) is 17.4 Å². The van der Waals surface area contributed by atoms with Crippen LogP contribution in [-0.4, -0.2) is 9.97 Å². The molecule has 0 unspecified atom stereocenters. The number of nitrogens with two attached hydrogens (primary N) is 1. The largest absolute Gasteiger partial charge is 0.307 e. The zero-order chi connectivity index (χ0) is 11.4. The van der Waals surface area contributed by atoms with Crippen molar-refractivity contribution in [2.24, 2.45) is 5.84 Å². The Balaban J connectivity index is 3.22. The van der Waals surface area contributed by atoms with Crippen LogP contribution in [0.1, 0.15) is 5.69 Å². The highest BCUT2D eigenvalue weighted by atomic mass is 35.5. The van der Waals surface area contributed by atoms with Crippen LogP contribution in [0.25, 0.3) is 5.57 Å². The van der Waals surface area contributed by atoms with E-state index in [1.54, 1.807) is 6.08 Å². The van der Waals surface area contributed by atoms with Crippen LogP contribution in [0.4, 0.5) is 5.82 Å². The Morgan fingerprint density at radius 3 is 2.73 bits per heavy atom. The predicted molar refractivity (Wildman–Crippen MR) is 63.2 cm³/mol. The number of hydrogen-bond donors (Lipinski definition) is 2. The third-order valence-corrected chi connectivity index (χ3v) is 1.98. The maximum atomic E-state index is 5.73. The molecular formula is C10H11ClN4. The normalized spacial score (nSPS) is 9.47. The van der Waals surface area contributed by atoms with Crippen molar-refractivity contribution >= 4 is 23.0 Å². The zero-order valence-electron chi connectivity index (χ0n) is 8.13. The topological polar surface area (TPSA) is 63.8 Å². The third kappa shape index (κ3) is 2.43. The number of halogens is 1. The van der Waals surface area contributed by atoms with Crippen molar-refractivity contribution in [2.45, 2.75) is 0 Å². The third-order valence-electron chi connectivity index (χ3n) is 1.80. The van der Waals surface area contributed by atoms with Crippen LogP contribution in [0.5, 0.6) is 0 Å². The Kier molecular flexibility index (Phi) is 3.60. The molecule has 0 saturated carbocycles. The van der Waals surface area contributed by atoms with Gasteiger partial charge in [-0.3, -0.25) is 0 Å². The Labute approximate surface area is 93.2 Å². The lowest BCUT2D eigenvalue weighted by Crippen LogP contribution is -2.12. The lowest BCUT2D eigenvalue weighted by atomic mass is 10.1. The van der Waals surface area contributed by atoms with Gasteiger partial charge in [-0.2, -0.15) is 0 Å². The van der Waals surface area contributed by atoms with Gasteiger partial charge in [0.2, 0.25) is 0 Å². The molecule has 0 amide bonds. The molecule has 15 heavy (non-hydrogen) atoms. The standard InChI is InChI=1S/C10H11ClN4/c1-4-6(2)7(3)9-10(15-12)13-5-8(11)14-9/h4-5H,1-3,12H2,(H,13,15). The molecule has 0 aliphatic rings. The van der Waals surface area contributed by atoms with Crippen LogP contribution in [0.3, 0.4) is 0 Å². The van der Waals surface area contributed by atoms with Crippen molar-refractivity contribution in [1.82, 2.24) is 9.97 Å². The lowest BCUT2D eigenvalue weighted by Gasteiger charge is -2.09. The monoisotopic (exact) mass is 222 g/mol. The van der Waals surface area contributed by atoms with Gasteiger partial charge in [0.1, 0.15) is 10.8 Å². The summed E-state index contributed by atoms with van der Waals surface area (Å²) in [6.45, 7) is 11.2. The maximum Gasteiger partial charge on any atom is 0.166 e. The molecule has 0 spiro atoms. The van der Waals surface area contributed by atoms with E-state index in [0.29, 0.717) is 22.7 Å². The first kappa shape index (κ1) is 11.4. The molecular weight excluding hydrogens is 212 g/mol. The molecule has 5 heteroatoms. The minimum absolute atomic E-state index is 0.266. The second-order valence-electron chi connectivity index (χ2n) is 2.74. The molecule has 1 rings (SSSR count). The fraction of sp³-hybridized carbons (Fsp3) is 0. The number of allylic oxidation sites excluding steroid dienone is 3. The molecule has 0 bridgehead atoms. The van der Waals surface area contributed by atoms with E-state index >= 15 is 0 Å². The van der Waals surface area contributed by atoms with Crippen molar-refractivity contribution in [3.05, 3.63) is 48.4 Å². The molecule has 4 nitrogen and oxygen atoms in total. The first-order valence-corrected chi connectivity index (χ1v) is 4.48. The van der Waals surface area contributed by atoms with Gasteiger partial charge in [-0.1, -0.05) is 37.4 Å². The Morgan fingerprint density at radius 2 is 2.20 bits per heavy atom. The minimum atomic E-state index is 0.266. The Hall–Kier alpha value is -1.65. The second-order valence-corrected chi connectivity index (χ2v) is 3.13. The van der Waals surface area contributed by atoms with Crippen LogP contribution in [-0.2, 0) is 0 Å². The first-order valence-electron chi connectivity index (χ1n) is 4.10. The molecule has 1 aromatic heterocycles. The number of rotatable bonds is 4. The molecule has 0 atom stereocenters. The van der Waals surface area contributed by atoms with Crippen molar-refractivity contribution in [3.63, 3.8) is 0 Å². The van der Waals surface area contributed by atoms with Crippen molar-refractivity contribution in [2.75, 3.05) is 5.43 Å². The summed E-state index contributed by atoms with van der Waals surface area (Å²) in [5.74, 6) is 5.68. The summed E-state index contributed by atoms with van der Waals surface area (Å²) in [7, 11) is 0. The quantitative estimate of drug-likeness (QED) is 0.466. The van der Waals surface area contributed by atoms with Crippen molar-refractivity contribution < 1.29 is 0 Å². The van der Waals surface area contributed by atoms with Crippen LogP contribution in [0, 0.1) is 0 Å². The van der Waals surface area contributed by atoms with E-state index < -0.39 is 0 Å². The van der Waals surface area contributed by atoms with E-state index in [0.717, 1.165) is 0 Å². The summed E-state index contributed by atoms with van der Waals surface area (Å²) in [4.78, 5) is 8.03. The summed E-state index contributed by atoms with van der Waals surface area (Å²) >= 11 is 5.73. The van der Waals surface area contributed by atoms with Gasteiger partial charge in [-0.05, 0) is 5.57 Å². The van der Waals surface area contributed by atoms with Gasteiger partial charge in [0, 0.05) is 5.57 Å². The zero-order valence-corrected chi connectivity index (χ0v) is 8.88. The van der Waals surface area contributed by atoms with Crippen LogP contribution in [0.15, 0.2) is 37.6 Å².